The van der Waals surface area contributed by atoms with Crippen LogP contribution < -0.4 is 5.32 Å². The second-order valence-electron chi connectivity index (χ2n) is 2.53. The molecular weight excluding hydrogens is 242 g/mol. The minimum atomic E-state index is 0.187. The highest BCUT2D eigenvalue weighted by Crippen LogP contribution is 2.19. The molecule has 0 aliphatic heterocycles. The van der Waals surface area contributed by atoms with Crippen LogP contribution in [0.5, 0.6) is 0 Å². The molecule has 0 aromatic carbocycles. The van der Waals surface area contributed by atoms with E-state index in [1.54, 1.807) is 0 Å². The summed E-state index contributed by atoms with van der Waals surface area (Å²) in [5, 5.41) is 20.2. The van der Waals surface area contributed by atoms with Crippen LogP contribution in [0.15, 0.2) is 3.92 Å². The Morgan fingerprint density at radius 2 is 2.42 bits per heavy atom. The summed E-state index contributed by atoms with van der Waals surface area (Å²) in [6.45, 7) is 2.87. The fraction of sp³-hybridized carbons (Fsp3) is 0.667. The molecule has 0 radical (unpaired) electrons. The lowest BCUT2D eigenvalue weighted by Crippen LogP contribution is -2.14. The molecule has 0 aliphatic rings. The van der Waals surface area contributed by atoms with Crippen LogP contribution in [0.2, 0.25) is 0 Å². The van der Waals surface area contributed by atoms with Gasteiger partial charge in [0.2, 0.25) is 5.13 Å². The number of aliphatic hydroxyl groups is 1. The van der Waals surface area contributed by atoms with E-state index in [4.69, 9.17) is 5.11 Å². The Kier molecular flexibility index (Phi) is 3.90. The fourth-order valence-electron chi connectivity index (χ4n) is 0.603. The van der Waals surface area contributed by atoms with Crippen molar-refractivity contribution < 1.29 is 5.11 Å². The number of aliphatic hydroxyl groups excluding tert-OH is 1. The maximum atomic E-state index is 8.74. The lowest BCUT2D eigenvalue weighted by molar-refractivity contribution is 0.244. The molecular formula is C6H10BrN3OS. The van der Waals surface area contributed by atoms with Gasteiger partial charge in [-0.2, -0.15) is 0 Å². The summed E-state index contributed by atoms with van der Waals surface area (Å²) in [5.74, 6) is 0.243. The average Bonchev–Trinajstić information content (AvgIpc) is 2.47. The molecule has 0 aliphatic carbocycles. The van der Waals surface area contributed by atoms with E-state index < -0.39 is 0 Å². The standard InChI is InChI=1S/C6H10BrN3OS/c1-4(3-11)2-8-6-10-9-5(7)12-6/h4,11H,2-3H2,1H3,(H,8,10). The number of nitrogens with zero attached hydrogens (tertiary/aromatic N) is 2. The van der Waals surface area contributed by atoms with Crippen LogP contribution in [0.1, 0.15) is 6.92 Å². The van der Waals surface area contributed by atoms with E-state index in [9.17, 15) is 0 Å². The van der Waals surface area contributed by atoms with E-state index in [0.29, 0.717) is 0 Å². The van der Waals surface area contributed by atoms with Crippen LogP contribution >= 0.6 is 27.3 Å². The van der Waals surface area contributed by atoms with Gasteiger partial charge in [-0.05, 0) is 21.8 Å². The Labute approximate surface area is 83.2 Å². The minimum absolute atomic E-state index is 0.187. The third-order valence-electron chi connectivity index (χ3n) is 1.31. The number of anilines is 1. The quantitative estimate of drug-likeness (QED) is 0.849. The molecule has 2 N–H and O–H groups in total. The fourth-order valence-corrected chi connectivity index (χ4v) is 1.62. The highest BCUT2D eigenvalue weighted by Gasteiger charge is 2.02. The Bertz CT molecular complexity index is 242. The van der Waals surface area contributed by atoms with Crippen molar-refractivity contribution >= 4 is 32.4 Å². The maximum Gasteiger partial charge on any atom is 0.206 e. The van der Waals surface area contributed by atoms with Crippen molar-refractivity contribution in [3.05, 3.63) is 3.92 Å². The van der Waals surface area contributed by atoms with Gasteiger partial charge in [-0.1, -0.05) is 18.3 Å². The summed E-state index contributed by atoms with van der Waals surface area (Å²) < 4.78 is 0.765. The monoisotopic (exact) mass is 251 g/mol. The third-order valence-corrected chi connectivity index (χ3v) is 2.63. The van der Waals surface area contributed by atoms with Crippen LogP contribution in [-0.2, 0) is 0 Å². The van der Waals surface area contributed by atoms with Crippen molar-refractivity contribution in [3.8, 4) is 0 Å². The summed E-state index contributed by atoms with van der Waals surface area (Å²) in [6, 6.07) is 0. The molecule has 1 aromatic rings. The number of nitrogens with one attached hydrogen (secondary N) is 1. The smallest absolute Gasteiger partial charge is 0.206 e. The molecule has 0 bridgehead atoms. The van der Waals surface area contributed by atoms with Crippen molar-refractivity contribution in [3.63, 3.8) is 0 Å². The molecule has 0 saturated carbocycles. The van der Waals surface area contributed by atoms with E-state index >= 15 is 0 Å². The van der Waals surface area contributed by atoms with Gasteiger partial charge in [0.05, 0.1) is 0 Å². The number of halogens is 1. The maximum absolute atomic E-state index is 8.74. The van der Waals surface area contributed by atoms with E-state index in [1.165, 1.54) is 11.3 Å². The van der Waals surface area contributed by atoms with Crippen LogP contribution in [0.4, 0.5) is 5.13 Å². The van der Waals surface area contributed by atoms with Crippen molar-refractivity contribution in [1.29, 1.82) is 0 Å². The number of hydrogen-bond donors (Lipinski definition) is 2. The highest BCUT2D eigenvalue weighted by molar-refractivity contribution is 9.11. The van der Waals surface area contributed by atoms with Crippen molar-refractivity contribution in [2.45, 2.75) is 6.92 Å². The normalized spacial score (nSPS) is 12.9. The van der Waals surface area contributed by atoms with Crippen LogP contribution in [0.3, 0.4) is 0 Å². The molecule has 0 saturated heterocycles. The van der Waals surface area contributed by atoms with Crippen LogP contribution in [-0.4, -0.2) is 28.5 Å². The molecule has 0 fully saturated rings. The van der Waals surface area contributed by atoms with Crippen molar-refractivity contribution in [2.75, 3.05) is 18.5 Å². The summed E-state index contributed by atoms with van der Waals surface area (Å²) in [4.78, 5) is 0. The topological polar surface area (TPSA) is 58.0 Å². The molecule has 1 atom stereocenters. The molecule has 12 heavy (non-hydrogen) atoms. The zero-order valence-corrected chi connectivity index (χ0v) is 9.02. The van der Waals surface area contributed by atoms with E-state index in [0.717, 1.165) is 15.6 Å². The zero-order valence-electron chi connectivity index (χ0n) is 6.62. The van der Waals surface area contributed by atoms with Crippen LogP contribution in [0, 0.1) is 5.92 Å². The third kappa shape index (κ3) is 3.04. The highest BCUT2D eigenvalue weighted by atomic mass is 79.9. The Hall–Kier alpha value is -0.200. The molecule has 68 valence electrons. The molecule has 1 rings (SSSR count). The summed E-state index contributed by atoms with van der Waals surface area (Å²) in [7, 11) is 0. The van der Waals surface area contributed by atoms with Gasteiger partial charge in [0.15, 0.2) is 3.92 Å². The number of aromatic nitrogens is 2. The Balaban J connectivity index is 2.33. The Morgan fingerprint density at radius 3 is 2.92 bits per heavy atom. The first-order chi connectivity index (χ1) is 5.72. The van der Waals surface area contributed by atoms with E-state index in [2.05, 4.69) is 31.4 Å². The van der Waals surface area contributed by atoms with Gasteiger partial charge in [0.1, 0.15) is 0 Å². The lowest BCUT2D eigenvalue weighted by Gasteiger charge is -2.06. The van der Waals surface area contributed by atoms with E-state index in [1.807, 2.05) is 6.92 Å². The minimum Gasteiger partial charge on any atom is -0.396 e. The number of rotatable bonds is 4. The largest absolute Gasteiger partial charge is 0.396 e. The van der Waals surface area contributed by atoms with Crippen molar-refractivity contribution in [1.82, 2.24) is 10.2 Å². The molecule has 1 heterocycles. The summed E-state index contributed by atoms with van der Waals surface area (Å²) in [5.41, 5.74) is 0. The summed E-state index contributed by atoms with van der Waals surface area (Å²) >= 11 is 4.65. The average molecular weight is 252 g/mol. The second-order valence-corrected chi connectivity index (χ2v) is 4.78. The van der Waals surface area contributed by atoms with Gasteiger partial charge < -0.3 is 10.4 Å². The van der Waals surface area contributed by atoms with Gasteiger partial charge in [0, 0.05) is 13.2 Å². The van der Waals surface area contributed by atoms with Gasteiger partial charge in [-0.25, -0.2) is 0 Å². The van der Waals surface area contributed by atoms with Gasteiger partial charge in [-0.3, -0.25) is 0 Å². The first-order valence-corrected chi connectivity index (χ1v) is 5.17. The predicted octanol–water partition coefficient (Wildman–Crippen LogP) is 1.34. The molecule has 6 heteroatoms. The molecule has 0 spiro atoms. The van der Waals surface area contributed by atoms with E-state index in [-0.39, 0.29) is 12.5 Å². The molecule has 4 nitrogen and oxygen atoms in total. The van der Waals surface area contributed by atoms with Gasteiger partial charge in [0.25, 0.3) is 0 Å². The zero-order chi connectivity index (χ0) is 8.97. The Morgan fingerprint density at radius 1 is 1.67 bits per heavy atom. The van der Waals surface area contributed by atoms with Gasteiger partial charge >= 0.3 is 0 Å². The van der Waals surface area contributed by atoms with Gasteiger partial charge in [-0.15, -0.1) is 10.2 Å². The predicted molar refractivity (Wildman–Crippen MR) is 52.3 cm³/mol. The second kappa shape index (κ2) is 4.74. The lowest BCUT2D eigenvalue weighted by atomic mass is 10.2. The van der Waals surface area contributed by atoms with Crippen molar-refractivity contribution in [2.24, 2.45) is 5.92 Å². The first kappa shape index (κ1) is 9.88. The summed E-state index contributed by atoms with van der Waals surface area (Å²) in [6.07, 6.45) is 0. The number of hydrogen-bond acceptors (Lipinski definition) is 5. The van der Waals surface area contributed by atoms with Crippen LogP contribution in [0.25, 0.3) is 0 Å². The molecule has 1 unspecified atom stereocenters. The first-order valence-electron chi connectivity index (χ1n) is 3.56. The molecule has 0 amide bonds. The SMILES string of the molecule is CC(CO)CNc1nnc(Br)s1. The molecule has 1 aromatic heterocycles.